The molecule has 0 saturated carbocycles. The maximum Gasteiger partial charge on any atom is 0.255 e. The largest absolute Gasteiger partial charge is 0.507 e. The fraction of sp³-hybridized carbons (Fsp3) is 0.462. The zero-order valence-corrected chi connectivity index (χ0v) is 10.1. The van der Waals surface area contributed by atoms with Gasteiger partial charge in [0, 0.05) is 18.6 Å². The second-order valence-corrected chi connectivity index (χ2v) is 4.55. The molecule has 1 aromatic rings. The Morgan fingerprint density at radius 2 is 2.39 bits per heavy atom. The Morgan fingerprint density at radius 3 is 3.06 bits per heavy atom. The van der Waals surface area contributed by atoms with Gasteiger partial charge in [0.2, 0.25) is 0 Å². The van der Waals surface area contributed by atoms with Gasteiger partial charge >= 0.3 is 0 Å². The number of hydrogen-bond donors (Lipinski definition) is 2. The third-order valence-electron chi connectivity index (χ3n) is 3.23. The summed E-state index contributed by atoms with van der Waals surface area (Å²) in [4.78, 5) is 11.9. The Hall–Kier alpha value is -1.62. The number of halogens is 1. The quantitative estimate of drug-likeness (QED) is 0.861. The number of phenols is 1. The maximum absolute atomic E-state index is 13.0. The van der Waals surface area contributed by atoms with E-state index in [4.69, 9.17) is 4.74 Å². The highest BCUT2D eigenvalue weighted by atomic mass is 19.1. The van der Waals surface area contributed by atoms with Crippen molar-refractivity contribution in [3.63, 3.8) is 0 Å². The number of nitrogens with one attached hydrogen (secondary N) is 1. The lowest BCUT2D eigenvalue weighted by Crippen LogP contribution is -2.38. The lowest BCUT2D eigenvalue weighted by molar-refractivity contribution is 0.0919. The van der Waals surface area contributed by atoms with Crippen molar-refractivity contribution in [1.29, 1.82) is 0 Å². The second-order valence-electron chi connectivity index (χ2n) is 4.55. The summed E-state index contributed by atoms with van der Waals surface area (Å²) in [5.41, 5.74) is -0.0410. The number of hydrogen-bond acceptors (Lipinski definition) is 3. The first-order chi connectivity index (χ1) is 8.58. The maximum atomic E-state index is 13.0. The highest BCUT2D eigenvalue weighted by Crippen LogP contribution is 2.20. The molecule has 2 N–H and O–H groups in total. The molecule has 98 valence electrons. The predicted octanol–water partition coefficient (Wildman–Crippen LogP) is 1.69. The molecule has 1 aromatic carbocycles. The van der Waals surface area contributed by atoms with Crippen molar-refractivity contribution in [3.05, 3.63) is 29.6 Å². The lowest BCUT2D eigenvalue weighted by Gasteiger charge is -2.19. The highest BCUT2D eigenvalue weighted by molar-refractivity contribution is 5.96. The number of carbonyl (C=O) groups is 1. The van der Waals surface area contributed by atoms with E-state index in [9.17, 15) is 14.3 Å². The smallest absolute Gasteiger partial charge is 0.255 e. The summed E-state index contributed by atoms with van der Waals surface area (Å²) in [5, 5.41) is 12.3. The van der Waals surface area contributed by atoms with Gasteiger partial charge in [-0.2, -0.15) is 0 Å². The Morgan fingerprint density at radius 1 is 1.61 bits per heavy atom. The van der Waals surface area contributed by atoms with E-state index in [-0.39, 0.29) is 23.3 Å². The van der Waals surface area contributed by atoms with Gasteiger partial charge in [-0.25, -0.2) is 4.39 Å². The third kappa shape index (κ3) is 2.79. The van der Waals surface area contributed by atoms with Crippen LogP contribution in [0.15, 0.2) is 18.2 Å². The van der Waals surface area contributed by atoms with Gasteiger partial charge in [-0.15, -0.1) is 0 Å². The van der Waals surface area contributed by atoms with Crippen molar-refractivity contribution in [3.8, 4) is 5.75 Å². The van der Waals surface area contributed by atoms with Gasteiger partial charge in [-0.1, -0.05) is 0 Å². The van der Waals surface area contributed by atoms with E-state index in [0.29, 0.717) is 13.2 Å². The number of benzene rings is 1. The van der Waals surface area contributed by atoms with E-state index in [2.05, 4.69) is 5.32 Å². The van der Waals surface area contributed by atoms with Crippen LogP contribution in [0.2, 0.25) is 0 Å². The first kappa shape index (κ1) is 12.8. The molecule has 1 aliphatic heterocycles. The molecule has 0 unspecified atom stereocenters. The molecule has 2 atom stereocenters. The summed E-state index contributed by atoms with van der Waals surface area (Å²) in [6.07, 6.45) is 0.899. The van der Waals surface area contributed by atoms with Gasteiger partial charge in [0.1, 0.15) is 11.6 Å². The Kier molecular flexibility index (Phi) is 3.81. The average molecular weight is 253 g/mol. The monoisotopic (exact) mass is 253 g/mol. The van der Waals surface area contributed by atoms with Crippen LogP contribution >= 0.6 is 0 Å². The summed E-state index contributed by atoms with van der Waals surface area (Å²) in [6, 6.07) is 3.25. The first-order valence-electron chi connectivity index (χ1n) is 5.95. The molecule has 18 heavy (non-hydrogen) atoms. The van der Waals surface area contributed by atoms with Gasteiger partial charge in [0.15, 0.2) is 0 Å². The molecule has 5 heteroatoms. The van der Waals surface area contributed by atoms with E-state index in [1.807, 2.05) is 6.92 Å². The number of amides is 1. The molecule has 0 aliphatic carbocycles. The van der Waals surface area contributed by atoms with Gasteiger partial charge in [0.25, 0.3) is 5.91 Å². The predicted molar refractivity (Wildman–Crippen MR) is 63.9 cm³/mol. The molecule has 1 heterocycles. The van der Waals surface area contributed by atoms with Crippen LogP contribution in [0.1, 0.15) is 23.7 Å². The second kappa shape index (κ2) is 5.35. The minimum absolute atomic E-state index is 0.0410. The number of rotatable bonds is 3. The number of carbonyl (C=O) groups excluding carboxylic acids is 1. The summed E-state index contributed by atoms with van der Waals surface area (Å²) >= 11 is 0. The molecular weight excluding hydrogens is 237 g/mol. The molecular formula is C13H16FNO3. The van der Waals surface area contributed by atoms with Crippen molar-refractivity contribution in [1.82, 2.24) is 5.32 Å². The summed E-state index contributed by atoms with van der Waals surface area (Å²) in [6.45, 7) is 3.21. The van der Waals surface area contributed by atoms with Crippen LogP contribution in [0.25, 0.3) is 0 Å². The van der Waals surface area contributed by atoms with Gasteiger partial charge in [0.05, 0.1) is 12.2 Å². The number of aromatic hydroxyl groups is 1. The van der Waals surface area contributed by atoms with Crippen molar-refractivity contribution in [2.24, 2.45) is 5.92 Å². The van der Waals surface area contributed by atoms with E-state index < -0.39 is 11.7 Å². The lowest BCUT2D eigenvalue weighted by atomic mass is 10.0. The number of ether oxygens (including phenoxy) is 1. The van der Waals surface area contributed by atoms with Crippen molar-refractivity contribution >= 4 is 5.91 Å². The van der Waals surface area contributed by atoms with E-state index in [1.54, 1.807) is 0 Å². The Bertz CT molecular complexity index is 444. The molecule has 0 aromatic heterocycles. The van der Waals surface area contributed by atoms with Gasteiger partial charge in [-0.3, -0.25) is 4.79 Å². The molecule has 1 amide bonds. The average Bonchev–Trinajstić information content (AvgIpc) is 2.85. The number of phenolic OH excluding ortho intramolecular Hbond substituents is 1. The van der Waals surface area contributed by atoms with Crippen molar-refractivity contribution in [2.45, 2.75) is 19.4 Å². The molecule has 0 radical (unpaired) electrons. The third-order valence-corrected chi connectivity index (χ3v) is 3.23. The molecule has 1 saturated heterocycles. The molecule has 0 bridgehead atoms. The molecule has 1 fully saturated rings. The minimum Gasteiger partial charge on any atom is -0.507 e. The summed E-state index contributed by atoms with van der Waals surface area (Å²) in [5.74, 6) is -0.963. The Labute approximate surface area is 105 Å². The van der Waals surface area contributed by atoms with E-state index >= 15 is 0 Å². The first-order valence-corrected chi connectivity index (χ1v) is 5.95. The highest BCUT2D eigenvalue weighted by Gasteiger charge is 2.24. The van der Waals surface area contributed by atoms with Gasteiger partial charge in [-0.05, 0) is 31.5 Å². The fourth-order valence-corrected chi connectivity index (χ4v) is 2.04. The summed E-state index contributed by atoms with van der Waals surface area (Å²) in [7, 11) is 0. The molecule has 2 rings (SSSR count). The van der Waals surface area contributed by atoms with Crippen LogP contribution < -0.4 is 5.32 Å². The van der Waals surface area contributed by atoms with Crippen LogP contribution in [-0.2, 0) is 4.74 Å². The molecule has 0 spiro atoms. The SMILES string of the molecule is C[C@@H](NC(=O)c1cc(F)ccc1O)[C@@H]1CCOC1. The van der Waals surface area contributed by atoms with Crippen LogP contribution in [0.4, 0.5) is 4.39 Å². The normalized spacial score (nSPS) is 20.7. The van der Waals surface area contributed by atoms with Crippen molar-refractivity contribution in [2.75, 3.05) is 13.2 Å². The van der Waals surface area contributed by atoms with Gasteiger partial charge < -0.3 is 15.2 Å². The zero-order valence-electron chi connectivity index (χ0n) is 10.1. The van der Waals surface area contributed by atoms with Crippen LogP contribution in [0, 0.1) is 11.7 Å². The minimum atomic E-state index is -0.546. The molecule has 4 nitrogen and oxygen atoms in total. The van der Waals surface area contributed by atoms with E-state index in [1.165, 1.54) is 6.07 Å². The van der Waals surface area contributed by atoms with Crippen LogP contribution in [-0.4, -0.2) is 30.3 Å². The van der Waals surface area contributed by atoms with Crippen molar-refractivity contribution < 1.29 is 19.0 Å². The Balaban J connectivity index is 2.04. The zero-order chi connectivity index (χ0) is 13.1. The van der Waals surface area contributed by atoms with Crippen LogP contribution in [0.3, 0.4) is 0 Å². The molecule has 1 aliphatic rings. The topological polar surface area (TPSA) is 58.6 Å². The standard InChI is InChI=1S/C13H16FNO3/c1-8(9-4-5-18-7-9)15-13(17)11-6-10(14)2-3-12(11)16/h2-3,6,8-9,16H,4-5,7H2,1H3,(H,15,17)/t8-,9-/m1/s1. The van der Waals surface area contributed by atoms with E-state index in [0.717, 1.165) is 18.6 Å². The summed E-state index contributed by atoms with van der Waals surface area (Å²) < 4.78 is 18.3. The fourth-order valence-electron chi connectivity index (χ4n) is 2.04. The van der Waals surface area contributed by atoms with Crippen LogP contribution in [0.5, 0.6) is 5.75 Å².